The van der Waals surface area contributed by atoms with Gasteiger partial charge in [0.25, 0.3) is 0 Å². The maximum atomic E-state index is 11.9. The standard InChI is InChI=1S/C16H22N2O4S/c1-5-10(18-15(20)22-16(2,3)4)13(19)14-17-9-11(21-14)12-7-6-8-23-12/h6-10,13,19H,5H2,1-4H3,(H,18,20). The van der Waals surface area contributed by atoms with E-state index in [1.165, 1.54) is 11.3 Å². The minimum Gasteiger partial charge on any atom is -0.444 e. The first-order chi connectivity index (χ1) is 10.8. The lowest BCUT2D eigenvalue weighted by Crippen LogP contribution is -2.42. The number of nitrogens with zero attached hydrogens (tertiary/aromatic N) is 1. The van der Waals surface area contributed by atoms with Crippen LogP contribution in [-0.4, -0.2) is 27.8 Å². The second kappa shape index (κ2) is 7.14. The summed E-state index contributed by atoms with van der Waals surface area (Å²) in [5.41, 5.74) is -0.595. The lowest BCUT2D eigenvalue weighted by molar-refractivity contribution is 0.0386. The maximum absolute atomic E-state index is 11.9. The van der Waals surface area contributed by atoms with Crippen molar-refractivity contribution in [2.75, 3.05) is 0 Å². The van der Waals surface area contributed by atoms with Crippen molar-refractivity contribution in [1.29, 1.82) is 0 Å². The number of alkyl carbamates (subject to hydrolysis) is 1. The Kier molecular flexibility index (Phi) is 5.43. The third kappa shape index (κ3) is 4.80. The summed E-state index contributed by atoms with van der Waals surface area (Å²) in [6.07, 6.45) is 0.469. The van der Waals surface area contributed by atoms with Crippen LogP contribution in [0, 0.1) is 0 Å². The largest absolute Gasteiger partial charge is 0.444 e. The van der Waals surface area contributed by atoms with Crippen LogP contribution in [0.5, 0.6) is 0 Å². The van der Waals surface area contributed by atoms with Crippen LogP contribution in [0.4, 0.5) is 4.79 Å². The van der Waals surface area contributed by atoms with Gasteiger partial charge < -0.3 is 19.6 Å². The van der Waals surface area contributed by atoms with E-state index in [1.54, 1.807) is 27.0 Å². The van der Waals surface area contributed by atoms with Crippen LogP contribution < -0.4 is 5.32 Å². The number of carbonyl (C=O) groups excluding carboxylic acids is 1. The summed E-state index contributed by atoms with van der Waals surface area (Å²) in [4.78, 5) is 16.9. The Morgan fingerprint density at radius 1 is 1.52 bits per heavy atom. The Bertz CT molecular complexity index is 631. The van der Waals surface area contributed by atoms with Crippen molar-refractivity contribution < 1.29 is 19.1 Å². The minimum absolute atomic E-state index is 0.177. The quantitative estimate of drug-likeness (QED) is 0.867. The van der Waals surface area contributed by atoms with Gasteiger partial charge in [0, 0.05) is 0 Å². The third-order valence-corrected chi connectivity index (χ3v) is 3.95. The Hall–Kier alpha value is -1.86. The van der Waals surface area contributed by atoms with Gasteiger partial charge in [0.2, 0.25) is 5.89 Å². The molecule has 0 saturated carbocycles. The molecule has 126 valence electrons. The van der Waals surface area contributed by atoms with E-state index in [9.17, 15) is 9.90 Å². The average Bonchev–Trinajstić information content (AvgIpc) is 3.11. The van der Waals surface area contributed by atoms with Gasteiger partial charge in [-0.05, 0) is 38.6 Å². The highest BCUT2D eigenvalue weighted by atomic mass is 32.1. The summed E-state index contributed by atoms with van der Waals surface area (Å²) in [5, 5.41) is 15.0. The van der Waals surface area contributed by atoms with E-state index in [0.29, 0.717) is 12.2 Å². The molecule has 2 atom stereocenters. The summed E-state index contributed by atoms with van der Waals surface area (Å²) in [5.74, 6) is 0.775. The maximum Gasteiger partial charge on any atom is 0.407 e. The number of nitrogens with one attached hydrogen (secondary N) is 1. The van der Waals surface area contributed by atoms with Crippen LogP contribution in [0.3, 0.4) is 0 Å². The number of thiophene rings is 1. The molecular formula is C16H22N2O4S. The van der Waals surface area contributed by atoms with Crippen LogP contribution in [0.1, 0.15) is 46.1 Å². The Morgan fingerprint density at radius 2 is 2.26 bits per heavy atom. The lowest BCUT2D eigenvalue weighted by Gasteiger charge is -2.24. The molecule has 0 aliphatic rings. The molecule has 1 amide bonds. The molecule has 0 bridgehead atoms. The van der Waals surface area contributed by atoms with Crippen molar-refractivity contribution >= 4 is 17.4 Å². The van der Waals surface area contributed by atoms with Crippen molar-refractivity contribution in [3.63, 3.8) is 0 Å². The van der Waals surface area contributed by atoms with Crippen LogP contribution >= 0.6 is 11.3 Å². The fraction of sp³-hybridized carbons (Fsp3) is 0.500. The molecule has 7 heteroatoms. The normalized spacial score (nSPS) is 14.3. The zero-order chi connectivity index (χ0) is 17.0. The topological polar surface area (TPSA) is 84.6 Å². The van der Waals surface area contributed by atoms with E-state index in [2.05, 4.69) is 10.3 Å². The van der Waals surface area contributed by atoms with Gasteiger partial charge in [-0.25, -0.2) is 9.78 Å². The van der Waals surface area contributed by atoms with Gasteiger partial charge >= 0.3 is 6.09 Å². The summed E-state index contributed by atoms with van der Waals surface area (Å²) < 4.78 is 10.8. The molecule has 0 spiro atoms. The molecule has 2 rings (SSSR count). The van der Waals surface area contributed by atoms with Gasteiger partial charge in [-0.2, -0.15) is 0 Å². The second-order valence-corrected chi connectivity index (χ2v) is 7.09. The molecule has 2 N–H and O–H groups in total. The summed E-state index contributed by atoms with van der Waals surface area (Å²) >= 11 is 1.53. The highest BCUT2D eigenvalue weighted by Crippen LogP contribution is 2.28. The minimum atomic E-state index is -1.04. The average molecular weight is 338 g/mol. The van der Waals surface area contributed by atoms with Crippen molar-refractivity contribution in [2.45, 2.75) is 51.9 Å². The Balaban J connectivity index is 2.05. The van der Waals surface area contributed by atoms with Gasteiger partial charge in [-0.1, -0.05) is 13.0 Å². The molecule has 0 saturated heterocycles. The van der Waals surface area contributed by atoms with Gasteiger partial charge in [-0.15, -0.1) is 11.3 Å². The Morgan fingerprint density at radius 3 is 2.83 bits per heavy atom. The van der Waals surface area contributed by atoms with E-state index in [4.69, 9.17) is 9.15 Å². The number of aliphatic hydroxyl groups is 1. The fourth-order valence-corrected chi connectivity index (χ4v) is 2.66. The van der Waals surface area contributed by atoms with Crippen LogP contribution in [0.25, 0.3) is 10.6 Å². The van der Waals surface area contributed by atoms with Crippen molar-refractivity contribution in [3.05, 3.63) is 29.6 Å². The number of hydrogen-bond donors (Lipinski definition) is 2. The molecular weight excluding hydrogens is 316 g/mol. The first kappa shape index (κ1) is 17.5. The van der Waals surface area contributed by atoms with Crippen LogP contribution in [0.15, 0.2) is 28.1 Å². The highest BCUT2D eigenvalue weighted by molar-refractivity contribution is 7.13. The van der Waals surface area contributed by atoms with Crippen LogP contribution in [-0.2, 0) is 4.74 Å². The van der Waals surface area contributed by atoms with E-state index >= 15 is 0 Å². The first-order valence-corrected chi connectivity index (χ1v) is 8.35. The molecule has 0 aliphatic heterocycles. The second-order valence-electron chi connectivity index (χ2n) is 6.15. The molecule has 0 fully saturated rings. The SMILES string of the molecule is CCC(NC(=O)OC(C)(C)C)C(O)c1ncc(-c2cccs2)o1. The molecule has 6 nitrogen and oxygen atoms in total. The van der Waals surface area contributed by atoms with Gasteiger partial charge in [0.1, 0.15) is 5.60 Å². The number of ether oxygens (including phenoxy) is 1. The van der Waals surface area contributed by atoms with E-state index in [0.717, 1.165) is 4.88 Å². The van der Waals surface area contributed by atoms with Gasteiger partial charge in [0.05, 0.1) is 17.1 Å². The predicted octanol–water partition coefficient (Wildman–Crippen LogP) is 3.74. The number of amides is 1. The molecule has 2 aromatic heterocycles. The molecule has 23 heavy (non-hydrogen) atoms. The highest BCUT2D eigenvalue weighted by Gasteiger charge is 2.27. The molecule has 2 unspecified atom stereocenters. The Labute approximate surface area is 139 Å². The van der Waals surface area contributed by atoms with Crippen LogP contribution in [0.2, 0.25) is 0 Å². The smallest absolute Gasteiger partial charge is 0.407 e. The predicted molar refractivity (Wildman–Crippen MR) is 88.2 cm³/mol. The summed E-state index contributed by atoms with van der Waals surface area (Å²) in [6, 6.07) is 3.29. The van der Waals surface area contributed by atoms with E-state index < -0.39 is 23.8 Å². The monoisotopic (exact) mass is 338 g/mol. The number of carbonyl (C=O) groups is 1. The summed E-state index contributed by atoms with van der Waals surface area (Å²) in [7, 11) is 0. The number of rotatable bonds is 5. The fourth-order valence-electron chi connectivity index (χ4n) is 1.99. The van der Waals surface area contributed by atoms with Crippen molar-refractivity contribution in [1.82, 2.24) is 10.3 Å². The third-order valence-electron chi connectivity index (χ3n) is 3.06. The van der Waals surface area contributed by atoms with E-state index in [-0.39, 0.29) is 5.89 Å². The molecule has 0 aliphatic carbocycles. The lowest BCUT2D eigenvalue weighted by atomic mass is 10.1. The zero-order valence-electron chi connectivity index (χ0n) is 13.7. The number of hydrogen-bond acceptors (Lipinski definition) is 6. The van der Waals surface area contributed by atoms with Gasteiger partial charge in [-0.3, -0.25) is 0 Å². The molecule has 0 aromatic carbocycles. The summed E-state index contributed by atoms with van der Waals surface area (Å²) in [6.45, 7) is 7.20. The number of oxazole rings is 1. The molecule has 0 radical (unpaired) electrons. The van der Waals surface area contributed by atoms with Crippen molar-refractivity contribution in [3.8, 4) is 10.6 Å². The zero-order valence-corrected chi connectivity index (χ0v) is 14.5. The molecule has 2 aromatic rings. The van der Waals surface area contributed by atoms with E-state index in [1.807, 2.05) is 24.4 Å². The molecule has 2 heterocycles. The first-order valence-electron chi connectivity index (χ1n) is 7.47. The number of aliphatic hydroxyl groups excluding tert-OH is 1. The number of aromatic nitrogens is 1. The van der Waals surface area contributed by atoms with Crippen molar-refractivity contribution in [2.24, 2.45) is 0 Å². The van der Waals surface area contributed by atoms with Gasteiger partial charge in [0.15, 0.2) is 11.9 Å².